The van der Waals surface area contributed by atoms with E-state index in [-0.39, 0.29) is 21.4 Å². The number of nitrogens with one attached hydrogen (secondary N) is 1. The second kappa shape index (κ2) is 5.92. The third kappa shape index (κ3) is 3.29. The number of hydrogen-bond acceptors (Lipinski definition) is 5. The van der Waals surface area contributed by atoms with Gasteiger partial charge >= 0.3 is 0 Å². The lowest BCUT2D eigenvalue weighted by Gasteiger charge is -2.16. The summed E-state index contributed by atoms with van der Waals surface area (Å²) in [7, 11) is -1.09. The molecule has 6 nitrogen and oxygen atoms in total. The molecule has 0 aliphatic rings. The van der Waals surface area contributed by atoms with Crippen LogP contribution in [0.15, 0.2) is 35.6 Å². The molecule has 0 aliphatic carbocycles. The fraction of sp³-hybridized carbons (Fsp3) is 0.167. The van der Waals surface area contributed by atoms with E-state index in [0.29, 0.717) is 0 Å². The average Bonchev–Trinajstić information content (AvgIpc) is 2.43. The zero-order valence-corrected chi connectivity index (χ0v) is 12.8. The summed E-state index contributed by atoms with van der Waals surface area (Å²) in [5.74, 6) is -0.428. The van der Waals surface area contributed by atoms with Crippen LogP contribution in [-0.4, -0.2) is 36.8 Å². The normalized spacial score (nSPS) is 11.7. The summed E-state index contributed by atoms with van der Waals surface area (Å²) in [4.78, 5) is 7.43. The minimum Gasteiger partial charge on any atom is -0.338 e. The summed E-state index contributed by atoms with van der Waals surface area (Å²) in [5.41, 5.74) is 0.172. The molecule has 1 heterocycles. The van der Waals surface area contributed by atoms with Gasteiger partial charge in [0.2, 0.25) is 10.0 Å². The molecule has 0 radical (unpaired) electrons. The van der Waals surface area contributed by atoms with E-state index in [1.165, 1.54) is 32.7 Å². The van der Waals surface area contributed by atoms with Crippen LogP contribution in [0.3, 0.4) is 0 Å². The highest BCUT2D eigenvalue weighted by atomic mass is 35.5. The van der Waals surface area contributed by atoms with Crippen LogP contribution in [0.1, 0.15) is 0 Å². The lowest BCUT2D eigenvalue weighted by molar-refractivity contribution is 0.519. The Labute approximate surface area is 126 Å². The second-order valence-electron chi connectivity index (χ2n) is 4.27. The number of anilines is 2. The van der Waals surface area contributed by atoms with E-state index in [2.05, 4.69) is 15.3 Å². The van der Waals surface area contributed by atoms with Crippen molar-refractivity contribution in [2.24, 2.45) is 0 Å². The Morgan fingerprint density at radius 1 is 1.33 bits per heavy atom. The van der Waals surface area contributed by atoms with E-state index in [1.807, 2.05) is 0 Å². The van der Waals surface area contributed by atoms with Gasteiger partial charge in [0.15, 0.2) is 5.82 Å². The monoisotopic (exact) mass is 330 g/mol. The predicted octanol–water partition coefficient (Wildman–Crippen LogP) is 2.26. The molecule has 2 aromatic rings. The number of hydrogen-bond donors (Lipinski definition) is 1. The van der Waals surface area contributed by atoms with Gasteiger partial charge in [-0.15, -0.1) is 0 Å². The minimum absolute atomic E-state index is 0.172. The van der Waals surface area contributed by atoms with Crippen LogP contribution in [0.25, 0.3) is 0 Å². The topological polar surface area (TPSA) is 75.2 Å². The molecule has 0 spiro atoms. The maximum absolute atomic E-state index is 13.4. The Morgan fingerprint density at radius 2 is 2.05 bits per heavy atom. The first kappa shape index (κ1) is 15.6. The molecule has 0 amide bonds. The molecular weight excluding hydrogens is 319 g/mol. The van der Waals surface area contributed by atoms with E-state index in [0.717, 1.165) is 16.4 Å². The van der Waals surface area contributed by atoms with Gasteiger partial charge in [-0.3, -0.25) is 0 Å². The van der Waals surface area contributed by atoms with Crippen LogP contribution in [0.2, 0.25) is 5.02 Å². The lowest BCUT2D eigenvalue weighted by Crippen LogP contribution is -2.23. The minimum atomic E-state index is -3.82. The highest BCUT2D eigenvalue weighted by molar-refractivity contribution is 7.89. The summed E-state index contributed by atoms with van der Waals surface area (Å²) >= 11 is 5.91. The highest BCUT2D eigenvalue weighted by Gasteiger charge is 2.22. The smallest absolute Gasteiger partial charge is 0.244 e. The van der Waals surface area contributed by atoms with Gasteiger partial charge in [-0.25, -0.2) is 27.1 Å². The number of aromatic nitrogens is 2. The van der Waals surface area contributed by atoms with Crippen molar-refractivity contribution in [1.29, 1.82) is 0 Å². The maximum Gasteiger partial charge on any atom is 0.244 e. The molecule has 112 valence electrons. The third-order valence-corrected chi connectivity index (χ3v) is 4.75. The molecule has 0 bridgehead atoms. The van der Waals surface area contributed by atoms with Gasteiger partial charge in [-0.05, 0) is 18.2 Å². The van der Waals surface area contributed by atoms with E-state index in [4.69, 9.17) is 11.6 Å². The molecule has 0 atom stereocenters. The molecule has 0 unspecified atom stereocenters. The van der Waals surface area contributed by atoms with Gasteiger partial charge in [-0.1, -0.05) is 11.6 Å². The van der Waals surface area contributed by atoms with Crippen molar-refractivity contribution in [1.82, 2.24) is 14.3 Å². The zero-order chi connectivity index (χ0) is 15.6. The fourth-order valence-electron chi connectivity index (χ4n) is 1.54. The molecule has 1 aromatic heterocycles. The highest BCUT2D eigenvalue weighted by Crippen LogP contribution is 2.29. The third-order valence-electron chi connectivity index (χ3n) is 2.62. The molecule has 1 aromatic carbocycles. The Balaban J connectivity index is 2.53. The summed E-state index contributed by atoms with van der Waals surface area (Å²) in [6, 6.07) is 3.39. The van der Waals surface area contributed by atoms with Crippen molar-refractivity contribution in [3.8, 4) is 0 Å². The van der Waals surface area contributed by atoms with Gasteiger partial charge in [0.05, 0.1) is 11.9 Å². The molecule has 21 heavy (non-hydrogen) atoms. The molecule has 0 saturated heterocycles. The Hall–Kier alpha value is -1.77. The van der Waals surface area contributed by atoms with Gasteiger partial charge < -0.3 is 5.32 Å². The van der Waals surface area contributed by atoms with Crippen LogP contribution in [0, 0.1) is 5.82 Å². The molecule has 0 fully saturated rings. The molecule has 9 heteroatoms. The summed E-state index contributed by atoms with van der Waals surface area (Å²) in [6.07, 6.45) is 2.62. The number of rotatable bonds is 4. The lowest BCUT2D eigenvalue weighted by atomic mass is 10.3. The van der Waals surface area contributed by atoms with Crippen LogP contribution in [0.5, 0.6) is 0 Å². The summed E-state index contributed by atoms with van der Waals surface area (Å²) < 4.78 is 38.9. The Bertz CT molecular complexity index is 768. The first-order chi connectivity index (χ1) is 9.82. The van der Waals surface area contributed by atoms with E-state index >= 15 is 0 Å². The van der Waals surface area contributed by atoms with Crippen molar-refractivity contribution in [3.05, 3.63) is 41.6 Å². The number of nitrogens with zero attached hydrogens (tertiary/aromatic N) is 3. The van der Waals surface area contributed by atoms with Gasteiger partial charge in [0.25, 0.3) is 0 Å². The summed E-state index contributed by atoms with van der Waals surface area (Å²) in [6.45, 7) is 0. The zero-order valence-electron chi connectivity index (χ0n) is 11.2. The molecule has 1 N–H and O–H groups in total. The van der Waals surface area contributed by atoms with Crippen molar-refractivity contribution >= 4 is 33.1 Å². The van der Waals surface area contributed by atoms with Crippen LogP contribution < -0.4 is 5.32 Å². The standard InChI is InChI=1S/C12H12ClFN4O2S/c1-18(2)21(19,20)11-5-8(14)3-4-10(11)17-12-9(13)6-15-7-16-12/h3-7H,1-2H3,(H,15,16,17). The number of sulfonamides is 1. The second-order valence-corrected chi connectivity index (χ2v) is 6.80. The average molecular weight is 331 g/mol. The molecule has 0 saturated carbocycles. The number of benzene rings is 1. The van der Waals surface area contributed by atoms with Gasteiger partial charge in [-0.2, -0.15) is 0 Å². The maximum atomic E-state index is 13.4. The quantitative estimate of drug-likeness (QED) is 0.930. The van der Waals surface area contributed by atoms with Crippen LogP contribution >= 0.6 is 11.6 Å². The van der Waals surface area contributed by atoms with E-state index in [1.54, 1.807) is 0 Å². The van der Waals surface area contributed by atoms with E-state index < -0.39 is 15.8 Å². The largest absolute Gasteiger partial charge is 0.338 e. The van der Waals surface area contributed by atoms with Crippen LogP contribution in [-0.2, 0) is 10.0 Å². The predicted molar refractivity (Wildman–Crippen MR) is 77.6 cm³/mol. The van der Waals surface area contributed by atoms with Gasteiger partial charge in [0, 0.05) is 14.1 Å². The molecule has 0 aliphatic heterocycles. The van der Waals surface area contributed by atoms with Crippen molar-refractivity contribution in [2.75, 3.05) is 19.4 Å². The van der Waals surface area contributed by atoms with E-state index in [9.17, 15) is 12.8 Å². The van der Waals surface area contributed by atoms with Gasteiger partial charge in [0.1, 0.15) is 22.1 Å². The Morgan fingerprint density at radius 3 is 2.67 bits per heavy atom. The molecule has 2 rings (SSSR count). The van der Waals surface area contributed by atoms with Crippen molar-refractivity contribution in [3.63, 3.8) is 0 Å². The number of halogens is 2. The van der Waals surface area contributed by atoms with Crippen molar-refractivity contribution < 1.29 is 12.8 Å². The van der Waals surface area contributed by atoms with Crippen LogP contribution in [0.4, 0.5) is 15.9 Å². The first-order valence-electron chi connectivity index (χ1n) is 5.77. The first-order valence-corrected chi connectivity index (χ1v) is 7.59. The molecular formula is C12H12ClFN4O2S. The Kier molecular flexibility index (Phi) is 4.40. The summed E-state index contributed by atoms with van der Waals surface area (Å²) in [5, 5.41) is 2.99. The fourth-order valence-corrected chi connectivity index (χ4v) is 2.75. The SMILES string of the molecule is CN(C)S(=O)(=O)c1cc(F)ccc1Nc1ncncc1Cl. The van der Waals surface area contributed by atoms with Crippen molar-refractivity contribution in [2.45, 2.75) is 4.90 Å².